The van der Waals surface area contributed by atoms with E-state index in [1.165, 1.54) is 0 Å². The number of unbranched alkanes of at least 4 members (excludes halogenated alkanes) is 3. The molecule has 0 aromatic heterocycles. The smallest absolute Gasteiger partial charge is 0.313 e. The van der Waals surface area contributed by atoms with E-state index in [9.17, 15) is 24.3 Å². The molecule has 11 heteroatoms. The van der Waals surface area contributed by atoms with Crippen molar-refractivity contribution in [3.8, 4) is 0 Å². The van der Waals surface area contributed by atoms with Gasteiger partial charge in [0.25, 0.3) is 0 Å². The Morgan fingerprint density at radius 1 is 1.19 bits per heavy atom. The van der Waals surface area contributed by atoms with Crippen LogP contribution in [-0.4, -0.2) is 93.5 Å². The highest BCUT2D eigenvalue weighted by Gasteiger charge is 2.77. The van der Waals surface area contributed by atoms with Crippen LogP contribution in [0.15, 0.2) is 55.6 Å². The van der Waals surface area contributed by atoms with Crippen molar-refractivity contribution >= 4 is 39.6 Å². The van der Waals surface area contributed by atoms with Gasteiger partial charge in [-0.25, -0.2) is 0 Å². The number of aliphatic hydroxyl groups excluding tert-OH is 1. The molecule has 3 fully saturated rings. The third kappa shape index (κ3) is 7.84. The maximum atomic E-state index is 14.4. The first kappa shape index (κ1) is 36.8. The van der Waals surface area contributed by atoms with Crippen LogP contribution in [-0.2, 0) is 28.7 Å². The molecule has 2 bridgehead atoms. The lowest BCUT2D eigenvalue weighted by Crippen LogP contribution is -2.57. The average molecular weight is 717 g/mol. The number of fused-ring (bicyclic) bond motifs is 1. The zero-order valence-corrected chi connectivity index (χ0v) is 29.2. The van der Waals surface area contributed by atoms with Crippen molar-refractivity contribution < 1.29 is 33.8 Å². The maximum Gasteiger partial charge on any atom is 0.313 e. The molecule has 8 atom stereocenters. The number of amides is 3. The van der Waals surface area contributed by atoms with Crippen LogP contribution in [0.4, 0.5) is 0 Å². The normalized spacial score (nSPS) is 27.2. The summed E-state index contributed by atoms with van der Waals surface area (Å²) >= 11 is 3.74. The molecule has 1 aromatic rings. The second-order valence-corrected chi connectivity index (χ2v) is 14.0. The van der Waals surface area contributed by atoms with E-state index in [0.29, 0.717) is 57.3 Å². The highest BCUT2D eigenvalue weighted by atomic mass is 79.9. The Labute approximate surface area is 287 Å². The molecule has 0 saturated carbocycles. The second kappa shape index (κ2) is 16.9. The number of likely N-dealkylation sites (tertiary alicyclic amines) is 1. The third-order valence-corrected chi connectivity index (χ3v) is 10.4. The predicted octanol–water partition coefficient (Wildman–Crippen LogP) is 4.47. The van der Waals surface area contributed by atoms with E-state index >= 15 is 0 Å². The third-order valence-electron chi connectivity index (χ3n) is 9.58. The monoisotopic (exact) mass is 715 g/mol. The fourth-order valence-electron chi connectivity index (χ4n) is 7.40. The summed E-state index contributed by atoms with van der Waals surface area (Å²) in [5.74, 6) is -3.12. The zero-order valence-electron chi connectivity index (χ0n) is 27.7. The molecular formula is C36H50BrN3O7. The highest BCUT2D eigenvalue weighted by molar-refractivity contribution is 9.09. The van der Waals surface area contributed by atoms with Gasteiger partial charge in [0.15, 0.2) is 0 Å². The number of ether oxygens (including phenoxy) is 2. The number of hydrogen-bond donors (Lipinski definition) is 2. The summed E-state index contributed by atoms with van der Waals surface area (Å²) in [6.07, 6.45) is 6.64. The lowest BCUT2D eigenvalue weighted by atomic mass is 9.70. The summed E-state index contributed by atoms with van der Waals surface area (Å²) in [5, 5.41) is 12.3. The largest absolute Gasteiger partial charge is 0.455 e. The quantitative estimate of drug-likeness (QED) is 0.0938. The molecule has 3 aliphatic rings. The van der Waals surface area contributed by atoms with Gasteiger partial charge >= 0.3 is 5.97 Å². The van der Waals surface area contributed by atoms with E-state index in [4.69, 9.17) is 9.47 Å². The van der Waals surface area contributed by atoms with Gasteiger partial charge in [-0.3, -0.25) is 19.2 Å². The van der Waals surface area contributed by atoms with Gasteiger partial charge in [-0.1, -0.05) is 71.8 Å². The summed E-state index contributed by atoms with van der Waals surface area (Å²) < 4.78 is 12.9. The number of carbonyl (C=O) groups excluding carboxylic acids is 4. The van der Waals surface area contributed by atoms with Crippen molar-refractivity contribution in [1.29, 1.82) is 0 Å². The van der Waals surface area contributed by atoms with E-state index in [-0.39, 0.29) is 35.6 Å². The summed E-state index contributed by atoms with van der Waals surface area (Å²) in [5.41, 5.74) is -0.495. The van der Waals surface area contributed by atoms with Crippen molar-refractivity contribution in [2.24, 2.45) is 11.8 Å². The Morgan fingerprint density at radius 2 is 1.94 bits per heavy atom. The number of esters is 1. The van der Waals surface area contributed by atoms with Crippen molar-refractivity contribution in [2.45, 2.75) is 99.9 Å². The molecular weight excluding hydrogens is 666 g/mol. The molecule has 1 aromatic carbocycles. The SMILES string of the molecule is C=CCCC(=O)N[C@H](C)[C@@H](OC(=O)[C@@H]1[C@H]2O[C@@]3(CC2Br)[C@H](C(=O)N(CC=C)CCCC)N(CCCCCO)C(=O)[C@@H]13)c1ccccc1. The molecule has 3 aliphatic heterocycles. The lowest BCUT2D eigenvalue weighted by molar-refractivity contribution is -0.162. The van der Waals surface area contributed by atoms with Gasteiger partial charge in [0.1, 0.15) is 17.7 Å². The van der Waals surface area contributed by atoms with E-state index in [1.54, 1.807) is 28.9 Å². The standard InChI is InChI=1S/C36H50BrN3O7/c1-5-8-18-27(42)38-24(4)30(25-16-12-10-13-17-25)46-35(45)28-29-33(43)40(21-14-11-15-22-41)32(36(29)23-26(37)31(28)47-36)34(44)39(19-7-3)20-9-6-2/h5,7,10,12-13,16-17,24,26,28-32,41H,1,3,6,8-9,11,14-15,18-23H2,2,4H3,(H,38,42)/t24-,26?,28+,29-,30-,31+,32+,36-/m1/s1. The van der Waals surface area contributed by atoms with Crippen LogP contribution in [0.1, 0.15) is 76.9 Å². The molecule has 258 valence electrons. The molecule has 2 N–H and O–H groups in total. The fourth-order valence-corrected chi connectivity index (χ4v) is 8.34. The van der Waals surface area contributed by atoms with Crippen molar-refractivity contribution in [2.75, 3.05) is 26.2 Å². The summed E-state index contributed by atoms with van der Waals surface area (Å²) in [7, 11) is 0. The summed E-state index contributed by atoms with van der Waals surface area (Å²) in [6.45, 7) is 12.6. The minimum absolute atomic E-state index is 0.0483. The Kier molecular flexibility index (Phi) is 13.2. The van der Waals surface area contributed by atoms with E-state index in [0.717, 1.165) is 12.8 Å². The van der Waals surface area contributed by atoms with Gasteiger partial charge in [0, 0.05) is 37.5 Å². The van der Waals surface area contributed by atoms with Crippen LogP contribution < -0.4 is 5.32 Å². The zero-order chi connectivity index (χ0) is 34.1. The number of nitrogens with one attached hydrogen (secondary N) is 1. The van der Waals surface area contributed by atoms with E-state index < -0.39 is 47.7 Å². The van der Waals surface area contributed by atoms with Crippen LogP contribution in [0.2, 0.25) is 0 Å². The number of hydrogen-bond acceptors (Lipinski definition) is 7. The number of aliphatic hydroxyl groups is 1. The lowest BCUT2D eigenvalue weighted by Gasteiger charge is -2.37. The van der Waals surface area contributed by atoms with Crippen molar-refractivity contribution in [3.63, 3.8) is 0 Å². The molecule has 10 nitrogen and oxygen atoms in total. The topological polar surface area (TPSA) is 125 Å². The van der Waals surface area contributed by atoms with Crippen LogP contribution >= 0.6 is 15.9 Å². The van der Waals surface area contributed by atoms with Crippen LogP contribution in [0, 0.1) is 11.8 Å². The number of rotatable bonds is 19. The minimum Gasteiger partial charge on any atom is -0.455 e. The van der Waals surface area contributed by atoms with Gasteiger partial charge in [-0.2, -0.15) is 0 Å². The Hall–Kier alpha value is -3.02. The number of halogens is 1. The van der Waals surface area contributed by atoms with Gasteiger partial charge in [-0.05, 0) is 51.0 Å². The Balaban J connectivity index is 1.67. The van der Waals surface area contributed by atoms with E-state index in [1.807, 2.05) is 30.3 Å². The van der Waals surface area contributed by atoms with Gasteiger partial charge in [0.2, 0.25) is 17.7 Å². The van der Waals surface area contributed by atoms with Crippen LogP contribution in [0.3, 0.4) is 0 Å². The van der Waals surface area contributed by atoms with Crippen LogP contribution in [0.25, 0.3) is 0 Å². The Bertz CT molecular complexity index is 1280. The van der Waals surface area contributed by atoms with E-state index in [2.05, 4.69) is 41.3 Å². The number of nitrogens with zero attached hydrogens (tertiary/aromatic N) is 2. The van der Waals surface area contributed by atoms with Gasteiger partial charge in [-0.15, -0.1) is 13.2 Å². The molecule has 0 aliphatic carbocycles. The van der Waals surface area contributed by atoms with Gasteiger partial charge in [0.05, 0.1) is 24.0 Å². The highest BCUT2D eigenvalue weighted by Crippen LogP contribution is 2.60. The molecule has 0 radical (unpaired) electrons. The first-order valence-corrected chi connectivity index (χ1v) is 17.8. The molecule has 3 heterocycles. The van der Waals surface area contributed by atoms with Gasteiger partial charge < -0.3 is 29.7 Å². The number of carbonyl (C=O) groups is 4. The van der Waals surface area contributed by atoms with Crippen molar-refractivity contribution in [3.05, 3.63) is 61.2 Å². The molecule has 1 spiro atoms. The average Bonchev–Trinajstić information content (AvgIpc) is 3.65. The second-order valence-electron chi connectivity index (χ2n) is 12.9. The Morgan fingerprint density at radius 3 is 2.60 bits per heavy atom. The number of alkyl halides is 1. The summed E-state index contributed by atoms with van der Waals surface area (Å²) in [4.78, 5) is 58.9. The molecule has 4 rings (SSSR count). The minimum atomic E-state index is -1.20. The molecule has 1 unspecified atom stereocenters. The molecule has 3 amide bonds. The first-order chi connectivity index (χ1) is 22.6. The van der Waals surface area contributed by atoms with Crippen LogP contribution in [0.5, 0.6) is 0 Å². The first-order valence-electron chi connectivity index (χ1n) is 16.9. The fraction of sp³-hybridized carbons (Fsp3) is 0.611. The number of benzene rings is 1. The number of allylic oxidation sites excluding steroid dienone is 1. The molecule has 3 saturated heterocycles. The maximum absolute atomic E-state index is 14.4. The van der Waals surface area contributed by atoms with Crippen molar-refractivity contribution in [1.82, 2.24) is 15.1 Å². The molecule has 47 heavy (non-hydrogen) atoms. The predicted molar refractivity (Wildman–Crippen MR) is 182 cm³/mol. The summed E-state index contributed by atoms with van der Waals surface area (Å²) in [6, 6.07) is 7.75.